The van der Waals surface area contributed by atoms with E-state index in [-0.39, 0.29) is 6.54 Å². The van der Waals surface area contributed by atoms with E-state index >= 15 is 0 Å². The molecule has 3 rings (SSSR count). The average molecular weight is 268 g/mol. The number of anilines is 2. The molecule has 0 amide bonds. The molecule has 6 nitrogen and oxygen atoms in total. The van der Waals surface area contributed by atoms with Gasteiger partial charge in [0.05, 0.1) is 11.0 Å². The van der Waals surface area contributed by atoms with Gasteiger partial charge in [-0.2, -0.15) is 0 Å². The highest BCUT2D eigenvalue weighted by atomic mass is 16.4. The van der Waals surface area contributed by atoms with E-state index in [4.69, 9.17) is 5.11 Å². The van der Waals surface area contributed by atoms with Crippen LogP contribution in [0.3, 0.4) is 0 Å². The molecule has 2 N–H and O–H groups in total. The number of hydrogen-bond acceptors (Lipinski definition) is 4. The second-order valence-electron chi connectivity index (χ2n) is 4.26. The summed E-state index contributed by atoms with van der Waals surface area (Å²) in [6.45, 7) is -0.145. The zero-order valence-corrected chi connectivity index (χ0v) is 10.5. The lowest BCUT2D eigenvalue weighted by Gasteiger charge is -2.08. The predicted molar refractivity (Wildman–Crippen MR) is 74.9 cm³/mol. The Hall–Kier alpha value is -2.89. The van der Waals surface area contributed by atoms with Crippen molar-refractivity contribution in [2.75, 3.05) is 5.32 Å². The SMILES string of the molecule is O=C(O)Cn1c(Nc2ccncc2)nc2ccccc21. The highest BCUT2D eigenvalue weighted by Gasteiger charge is 2.12. The van der Waals surface area contributed by atoms with Gasteiger partial charge in [-0.1, -0.05) is 12.1 Å². The number of fused-ring (bicyclic) bond motifs is 1. The Morgan fingerprint density at radius 1 is 1.20 bits per heavy atom. The Bertz CT molecular complexity index is 752. The number of imidazole rings is 1. The number of carbonyl (C=O) groups is 1. The van der Waals surface area contributed by atoms with Crippen molar-refractivity contribution in [3.05, 3.63) is 48.8 Å². The highest BCUT2D eigenvalue weighted by Crippen LogP contribution is 2.22. The lowest BCUT2D eigenvalue weighted by atomic mass is 10.3. The van der Waals surface area contributed by atoms with E-state index in [0.717, 1.165) is 16.7 Å². The Kier molecular flexibility index (Phi) is 3.04. The minimum absolute atomic E-state index is 0.145. The van der Waals surface area contributed by atoms with Crippen LogP contribution >= 0.6 is 0 Å². The molecule has 0 atom stereocenters. The van der Waals surface area contributed by atoms with Crippen LogP contribution in [0.25, 0.3) is 11.0 Å². The maximum Gasteiger partial charge on any atom is 0.323 e. The number of aromatic nitrogens is 3. The van der Waals surface area contributed by atoms with Gasteiger partial charge in [0.1, 0.15) is 6.54 Å². The van der Waals surface area contributed by atoms with Crippen LogP contribution in [0.2, 0.25) is 0 Å². The van der Waals surface area contributed by atoms with Crippen LogP contribution in [-0.4, -0.2) is 25.6 Å². The molecule has 0 bridgehead atoms. The van der Waals surface area contributed by atoms with Gasteiger partial charge in [-0.3, -0.25) is 14.3 Å². The van der Waals surface area contributed by atoms with E-state index in [2.05, 4.69) is 15.3 Å². The first-order chi connectivity index (χ1) is 9.74. The fraction of sp³-hybridized carbons (Fsp3) is 0.0714. The van der Waals surface area contributed by atoms with E-state index in [9.17, 15) is 4.79 Å². The number of carboxylic acid groups (broad SMARTS) is 1. The van der Waals surface area contributed by atoms with E-state index < -0.39 is 5.97 Å². The number of pyridine rings is 1. The topological polar surface area (TPSA) is 80.0 Å². The first-order valence-corrected chi connectivity index (χ1v) is 6.08. The third-order valence-corrected chi connectivity index (χ3v) is 2.88. The molecule has 0 saturated heterocycles. The molecule has 0 radical (unpaired) electrons. The number of carboxylic acids is 1. The maximum atomic E-state index is 11.0. The second kappa shape index (κ2) is 5.00. The van der Waals surface area contributed by atoms with Crippen molar-refractivity contribution in [3.63, 3.8) is 0 Å². The molecule has 20 heavy (non-hydrogen) atoms. The molecular formula is C14H12N4O2. The summed E-state index contributed by atoms with van der Waals surface area (Å²) in [4.78, 5) is 19.4. The van der Waals surface area contributed by atoms with Gasteiger partial charge in [0.15, 0.2) is 0 Å². The summed E-state index contributed by atoms with van der Waals surface area (Å²) >= 11 is 0. The molecule has 1 aromatic carbocycles. The molecule has 2 heterocycles. The second-order valence-corrected chi connectivity index (χ2v) is 4.26. The van der Waals surface area contributed by atoms with Gasteiger partial charge in [-0.05, 0) is 24.3 Å². The quantitative estimate of drug-likeness (QED) is 0.758. The van der Waals surface area contributed by atoms with E-state index in [1.54, 1.807) is 29.1 Å². The van der Waals surface area contributed by atoms with Crippen molar-refractivity contribution in [2.24, 2.45) is 0 Å². The van der Waals surface area contributed by atoms with Gasteiger partial charge in [-0.25, -0.2) is 4.98 Å². The van der Waals surface area contributed by atoms with E-state index in [1.165, 1.54) is 0 Å². The summed E-state index contributed by atoms with van der Waals surface area (Å²) in [6.07, 6.45) is 3.32. The van der Waals surface area contributed by atoms with Gasteiger partial charge < -0.3 is 10.4 Å². The number of rotatable bonds is 4. The van der Waals surface area contributed by atoms with Crippen LogP contribution in [0.5, 0.6) is 0 Å². The van der Waals surface area contributed by atoms with Crippen molar-refractivity contribution < 1.29 is 9.90 Å². The summed E-state index contributed by atoms with van der Waals surface area (Å²) < 4.78 is 1.64. The van der Waals surface area contributed by atoms with Gasteiger partial charge in [0, 0.05) is 18.1 Å². The fourth-order valence-electron chi connectivity index (χ4n) is 2.03. The van der Waals surface area contributed by atoms with Gasteiger partial charge in [-0.15, -0.1) is 0 Å². The van der Waals surface area contributed by atoms with Crippen molar-refractivity contribution in [1.29, 1.82) is 0 Å². The molecule has 6 heteroatoms. The summed E-state index contributed by atoms with van der Waals surface area (Å²) in [6, 6.07) is 11.0. The minimum Gasteiger partial charge on any atom is -0.480 e. The largest absolute Gasteiger partial charge is 0.480 e. The summed E-state index contributed by atoms with van der Waals surface area (Å²) in [7, 11) is 0. The molecule has 0 aliphatic rings. The standard InChI is InChI=1S/C14H12N4O2/c19-13(20)9-18-12-4-2-1-3-11(12)17-14(18)16-10-5-7-15-8-6-10/h1-8H,9H2,(H,19,20)(H,15,16,17). The third-order valence-electron chi connectivity index (χ3n) is 2.88. The molecule has 2 aromatic heterocycles. The monoisotopic (exact) mass is 268 g/mol. The maximum absolute atomic E-state index is 11.0. The summed E-state index contributed by atoms with van der Waals surface area (Å²) in [5.74, 6) is -0.411. The van der Waals surface area contributed by atoms with Crippen LogP contribution in [-0.2, 0) is 11.3 Å². The van der Waals surface area contributed by atoms with Crippen molar-refractivity contribution in [1.82, 2.24) is 14.5 Å². The molecule has 0 spiro atoms. The highest BCUT2D eigenvalue weighted by molar-refractivity contribution is 5.81. The van der Waals surface area contributed by atoms with Crippen molar-refractivity contribution in [2.45, 2.75) is 6.54 Å². The molecule has 0 saturated carbocycles. The smallest absolute Gasteiger partial charge is 0.323 e. The minimum atomic E-state index is -0.911. The van der Waals surface area contributed by atoms with Gasteiger partial charge in [0.2, 0.25) is 5.95 Å². The molecule has 0 aliphatic heterocycles. The lowest BCUT2D eigenvalue weighted by Crippen LogP contribution is -2.11. The zero-order chi connectivity index (χ0) is 13.9. The Balaban J connectivity index is 2.07. The van der Waals surface area contributed by atoms with E-state index in [1.807, 2.05) is 24.3 Å². The summed E-state index contributed by atoms with van der Waals surface area (Å²) in [5.41, 5.74) is 2.35. The number of hydrogen-bond donors (Lipinski definition) is 2. The Labute approximate surface area is 114 Å². The van der Waals surface area contributed by atoms with Crippen LogP contribution in [0, 0.1) is 0 Å². The third kappa shape index (κ3) is 2.31. The Morgan fingerprint density at radius 2 is 1.95 bits per heavy atom. The number of aliphatic carboxylic acids is 1. The fourth-order valence-corrected chi connectivity index (χ4v) is 2.03. The number of benzene rings is 1. The molecule has 3 aromatic rings. The van der Waals surface area contributed by atoms with Crippen LogP contribution in [0.15, 0.2) is 48.8 Å². The molecule has 0 unspecified atom stereocenters. The number of nitrogens with zero attached hydrogens (tertiary/aromatic N) is 3. The first kappa shape index (κ1) is 12.2. The van der Waals surface area contributed by atoms with Gasteiger partial charge in [0.25, 0.3) is 0 Å². The normalized spacial score (nSPS) is 10.6. The van der Waals surface area contributed by atoms with Crippen LogP contribution in [0.1, 0.15) is 0 Å². The van der Waals surface area contributed by atoms with Crippen molar-refractivity contribution >= 4 is 28.6 Å². The zero-order valence-electron chi connectivity index (χ0n) is 10.5. The van der Waals surface area contributed by atoms with E-state index in [0.29, 0.717) is 5.95 Å². The van der Waals surface area contributed by atoms with Crippen molar-refractivity contribution in [3.8, 4) is 0 Å². The lowest BCUT2D eigenvalue weighted by molar-refractivity contribution is -0.137. The van der Waals surface area contributed by atoms with Crippen LogP contribution < -0.4 is 5.32 Å². The van der Waals surface area contributed by atoms with Gasteiger partial charge >= 0.3 is 5.97 Å². The molecule has 0 aliphatic carbocycles. The number of para-hydroxylation sites is 2. The number of nitrogens with one attached hydrogen (secondary N) is 1. The van der Waals surface area contributed by atoms with Crippen LogP contribution in [0.4, 0.5) is 11.6 Å². The molecule has 0 fully saturated rings. The molecular weight excluding hydrogens is 256 g/mol. The average Bonchev–Trinajstić information content (AvgIpc) is 2.78. The molecule has 100 valence electrons. The first-order valence-electron chi connectivity index (χ1n) is 6.08. The predicted octanol–water partition coefficient (Wildman–Crippen LogP) is 2.26. The Morgan fingerprint density at radius 3 is 2.70 bits per heavy atom. The summed E-state index contributed by atoms with van der Waals surface area (Å²) in [5, 5.41) is 12.2.